The molecule has 0 unspecified atom stereocenters. The average molecular weight is 389 g/mol. The lowest BCUT2D eigenvalue weighted by Crippen LogP contribution is -1.92. The molecule has 2 aromatic rings. The Kier molecular flexibility index (Phi) is 4.23. The molecule has 2 nitrogen and oxygen atoms in total. The zero-order valence-electron chi connectivity index (χ0n) is 9.61. The van der Waals surface area contributed by atoms with Crippen LogP contribution in [0.15, 0.2) is 35.2 Å². The SMILES string of the molecule is ISOCCCc1ccc2c3c(cccc13)NS2. The summed E-state index contributed by atoms with van der Waals surface area (Å²) in [5.74, 6) is 0. The van der Waals surface area contributed by atoms with Crippen LogP contribution in [0, 0.1) is 0 Å². The van der Waals surface area contributed by atoms with Gasteiger partial charge in [0.1, 0.15) is 0 Å². The minimum atomic E-state index is 0.809. The van der Waals surface area contributed by atoms with Crippen molar-refractivity contribution < 1.29 is 4.18 Å². The molecule has 0 saturated heterocycles. The number of anilines is 1. The van der Waals surface area contributed by atoms with Gasteiger partial charge in [-0.25, -0.2) is 0 Å². The fraction of sp³-hybridized carbons (Fsp3) is 0.231. The molecule has 0 bridgehead atoms. The highest BCUT2D eigenvalue weighted by Gasteiger charge is 2.15. The van der Waals surface area contributed by atoms with Crippen LogP contribution in [0.3, 0.4) is 0 Å². The molecular formula is C13H12INOS2. The molecule has 0 aromatic heterocycles. The van der Waals surface area contributed by atoms with Crippen molar-refractivity contribution in [1.82, 2.24) is 0 Å². The lowest BCUT2D eigenvalue weighted by Gasteiger charge is -2.07. The molecule has 5 heteroatoms. The van der Waals surface area contributed by atoms with Crippen LogP contribution in [-0.2, 0) is 10.6 Å². The van der Waals surface area contributed by atoms with E-state index < -0.39 is 0 Å². The second kappa shape index (κ2) is 5.90. The minimum absolute atomic E-state index is 0.809. The Hall–Kier alpha value is -0.110. The summed E-state index contributed by atoms with van der Waals surface area (Å²) in [5, 5.41) is 2.76. The molecule has 0 aliphatic carbocycles. The van der Waals surface area contributed by atoms with Crippen LogP contribution in [-0.4, -0.2) is 6.61 Å². The summed E-state index contributed by atoms with van der Waals surface area (Å²) < 4.78 is 8.68. The molecule has 3 rings (SSSR count). The number of nitrogens with one attached hydrogen (secondary N) is 1. The molecular weight excluding hydrogens is 377 g/mol. The van der Waals surface area contributed by atoms with E-state index in [1.807, 2.05) is 0 Å². The van der Waals surface area contributed by atoms with Gasteiger partial charge in [-0.15, -0.1) is 0 Å². The lowest BCUT2D eigenvalue weighted by atomic mass is 10.00. The molecule has 1 heterocycles. The van der Waals surface area contributed by atoms with Gasteiger partial charge in [-0.1, -0.05) is 18.2 Å². The van der Waals surface area contributed by atoms with Gasteiger partial charge in [0.15, 0.2) is 0 Å². The zero-order chi connectivity index (χ0) is 12.4. The van der Waals surface area contributed by atoms with Crippen molar-refractivity contribution >= 4 is 58.8 Å². The molecule has 0 atom stereocenters. The first-order valence-electron chi connectivity index (χ1n) is 5.78. The van der Waals surface area contributed by atoms with Gasteiger partial charge < -0.3 is 8.91 Å². The van der Waals surface area contributed by atoms with Gasteiger partial charge >= 0.3 is 0 Å². The normalized spacial score (nSPS) is 12.9. The number of hydrogen-bond donors (Lipinski definition) is 1. The van der Waals surface area contributed by atoms with Crippen molar-refractivity contribution in [3.8, 4) is 0 Å². The van der Waals surface area contributed by atoms with Gasteiger partial charge in [-0.3, -0.25) is 0 Å². The van der Waals surface area contributed by atoms with Crippen LogP contribution >= 0.6 is 42.4 Å². The Bertz CT molecular complexity index is 566. The van der Waals surface area contributed by atoms with E-state index in [0.29, 0.717) is 0 Å². The van der Waals surface area contributed by atoms with E-state index in [0.717, 1.165) is 19.4 Å². The van der Waals surface area contributed by atoms with Crippen LogP contribution in [0.25, 0.3) is 10.8 Å². The Morgan fingerprint density at radius 2 is 2.22 bits per heavy atom. The summed E-state index contributed by atoms with van der Waals surface area (Å²) in [7, 11) is 1.41. The second-order valence-corrected chi connectivity index (χ2v) is 6.43. The maximum absolute atomic E-state index is 5.31. The number of rotatable bonds is 5. The van der Waals surface area contributed by atoms with Gasteiger partial charge in [0.25, 0.3) is 0 Å². The monoisotopic (exact) mass is 389 g/mol. The predicted molar refractivity (Wildman–Crippen MR) is 89.3 cm³/mol. The number of benzene rings is 2. The summed E-state index contributed by atoms with van der Waals surface area (Å²) in [4.78, 5) is 1.34. The Morgan fingerprint density at radius 3 is 3.11 bits per heavy atom. The quantitative estimate of drug-likeness (QED) is 0.328. The van der Waals surface area contributed by atoms with E-state index in [-0.39, 0.29) is 0 Å². The summed E-state index contributed by atoms with van der Waals surface area (Å²) in [6.07, 6.45) is 2.14. The lowest BCUT2D eigenvalue weighted by molar-refractivity contribution is 0.371. The largest absolute Gasteiger partial charge is 0.325 e. The van der Waals surface area contributed by atoms with Crippen molar-refractivity contribution in [2.24, 2.45) is 0 Å². The minimum Gasteiger partial charge on any atom is -0.325 e. The van der Waals surface area contributed by atoms with E-state index >= 15 is 0 Å². The molecule has 0 fully saturated rings. The van der Waals surface area contributed by atoms with E-state index in [1.54, 1.807) is 11.9 Å². The first-order chi connectivity index (χ1) is 8.90. The second-order valence-electron chi connectivity index (χ2n) is 4.14. The van der Waals surface area contributed by atoms with Gasteiger partial charge in [-0.05, 0) is 47.9 Å². The molecule has 1 aliphatic heterocycles. The van der Waals surface area contributed by atoms with E-state index in [9.17, 15) is 0 Å². The summed E-state index contributed by atoms with van der Waals surface area (Å²) in [5.41, 5.74) is 2.66. The van der Waals surface area contributed by atoms with E-state index in [1.165, 1.54) is 36.1 Å². The Morgan fingerprint density at radius 1 is 1.28 bits per heavy atom. The van der Waals surface area contributed by atoms with Gasteiger partial charge in [-0.2, -0.15) is 0 Å². The molecule has 0 saturated carbocycles. The van der Waals surface area contributed by atoms with Crippen molar-refractivity contribution in [3.63, 3.8) is 0 Å². The maximum Gasteiger partial charge on any atom is 0.0650 e. The molecule has 0 spiro atoms. The van der Waals surface area contributed by atoms with Crippen molar-refractivity contribution in [1.29, 1.82) is 0 Å². The fourth-order valence-electron chi connectivity index (χ4n) is 2.29. The van der Waals surface area contributed by atoms with Crippen LogP contribution in [0.2, 0.25) is 0 Å². The highest BCUT2D eigenvalue weighted by Crippen LogP contribution is 2.42. The average Bonchev–Trinajstić information content (AvgIpc) is 2.82. The number of aryl methyl sites for hydroxylation is 1. The molecule has 1 N–H and O–H groups in total. The fourth-order valence-corrected chi connectivity index (χ4v) is 3.85. The smallest absolute Gasteiger partial charge is 0.0650 e. The third-order valence-electron chi connectivity index (χ3n) is 3.08. The van der Waals surface area contributed by atoms with Crippen LogP contribution in [0.4, 0.5) is 5.69 Å². The number of hydrogen-bond acceptors (Lipinski definition) is 4. The van der Waals surface area contributed by atoms with Crippen LogP contribution in [0.1, 0.15) is 12.0 Å². The first kappa shape index (κ1) is 12.9. The molecule has 94 valence electrons. The van der Waals surface area contributed by atoms with Gasteiger partial charge in [0.2, 0.25) is 0 Å². The predicted octanol–water partition coefficient (Wildman–Crippen LogP) is 5.22. The molecule has 18 heavy (non-hydrogen) atoms. The number of halogens is 1. The zero-order valence-corrected chi connectivity index (χ0v) is 13.4. The molecule has 2 aromatic carbocycles. The van der Waals surface area contributed by atoms with Crippen LogP contribution in [0.5, 0.6) is 0 Å². The third kappa shape index (κ3) is 2.45. The van der Waals surface area contributed by atoms with E-state index in [2.05, 4.69) is 56.3 Å². The van der Waals surface area contributed by atoms with Gasteiger partial charge in [0, 0.05) is 31.5 Å². The highest BCUT2D eigenvalue weighted by atomic mass is 127. The summed E-state index contributed by atoms with van der Waals surface area (Å²) in [6, 6.07) is 11.0. The molecule has 0 amide bonds. The first-order valence-corrected chi connectivity index (χ1v) is 9.88. The van der Waals surface area contributed by atoms with Crippen molar-refractivity contribution in [3.05, 3.63) is 35.9 Å². The Labute approximate surface area is 127 Å². The van der Waals surface area contributed by atoms with Gasteiger partial charge in [0.05, 0.1) is 21.5 Å². The summed E-state index contributed by atoms with van der Waals surface area (Å²) in [6.45, 7) is 0.809. The van der Waals surface area contributed by atoms with Crippen LogP contribution < -0.4 is 4.72 Å². The third-order valence-corrected chi connectivity index (χ3v) is 4.98. The van der Waals surface area contributed by atoms with Crippen molar-refractivity contribution in [2.45, 2.75) is 17.7 Å². The summed E-state index contributed by atoms with van der Waals surface area (Å²) >= 11 is 3.86. The highest BCUT2D eigenvalue weighted by molar-refractivity contribution is 14.2. The molecule has 1 aliphatic rings. The van der Waals surface area contributed by atoms with E-state index in [4.69, 9.17) is 4.18 Å². The van der Waals surface area contributed by atoms with Crippen molar-refractivity contribution in [2.75, 3.05) is 11.3 Å². The maximum atomic E-state index is 5.31. The molecule has 0 radical (unpaired) electrons. The standard InChI is InChI=1S/C13H12INOS2/c14-18-16-8-2-3-9-6-7-12-13-10(9)4-1-5-11(13)15-17-12/h1,4-7,15H,2-3,8H2. The topological polar surface area (TPSA) is 21.3 Å². The Balaban J connectivity index is 1.89.